The molecule has 130 valence electrons. The Hall–Kier alpha value is -1.64. The van der Waals surface area contributed by atoms with Crippen LogP contribution in [0.25, 0.3) is 0 Å². The normalized spacial score (nSPS) is 15.5. The number of hydrogen-bond acceptors (Lipinski definition) is 5. The van der Waals surface area contributed by atoms with Crippen molar-refractivity contribution >= 4 is 16.2 Å². The van der Waals surface area contributed by atoms with Crippen LogP contribution in [0.4, 0.5) is 4.79 Å². The Morgan fingerprint density at radius 1 is 1.26 bits per heavy atom. The summed E-state index contributed by atoms with van der Waals surface area (Å²) in [7, 11) is -3.67. The molecule has 0 unspecified atom stereocenters. The lowest BCUT2D eigenvalue weighted by Gasteiger charge is -2.30. The van der Waals surface area contributed by atoms with E-state index in [0.29, 0.717) is 31.9 Å². The van der Waals surface area contributed by atoms with Gasteiger partial charge in [0, 0.05) is 19.7 Å². The first-order valence-electron chi connectivity index (χ1n) is 7.28. The maximum absolute atomic E-state index is 11.8. The Morgan fingerprint density at radius 3 is 2.26 bits per heavy atom. The fourth-order valence-corrected chi connectivity index (χ4v) is 2.11. The number of aliphatic hydroxyl groups excluding tert-OH is 1. The smallest absolute Gasteiger partial charge is 0.410 e. The largest absolute Gasteiger partial charge is 0.445 e. The van der Waals surface area contributed by atoms with Crippen molar-refractivity contribution in [2.75, 3.05) is 26.0 Å². The van der Waals surface area contributed by atoms with Gasteiger partial charge in [-0.25, -0.2) is 4.79 Å². The van der Waals surface area contributed by atoms with Crippen LogP contribution in [0, 0.1) is 5.92 Å². The molecule has 1 aromatic rings. The maximum atomic E-state index is 11.8. The highest BCUT2D eigenvalue weighted by Gasteiger charge is 2.23. The predicted octanol–water partition coefficient (Wildman–Crippen LogP) is 1.53. The minimum absolute atomic E-state index is 0.215. The Bertz CT molecular complexity index is 559. The third kappa shape index (κ3) is 9.17. The summed E-state index contributed by atoms with van der Waals surface area (Å²) in [5.74, 6) is 0.336. The van der Waals surface area contributed by atoms with Gasteiger partial charge in [-0.1, -0.05) is 30.3 Å². The lowest BCUT2D eigenvalue weighted by atomic mass is 9.98. The molecule has 0 saturated carbocycles. The number of rotatable bonds is 3. The molecule has 2 rings (SSSR count). The van der Waals surface area contributed by atoms with Crippen LogP contribution in [-0.4, -0.2) is 55.0 Å². The van der Waals surface area contributed by atoms with Crippen LogP contribution in [0.3, 0.4) is 0 Å². The number of ether oxygens (including phenoxy) is 1. The van der Waals surface area contributed by atoms with E-state index in [1.54, 1.807) is 4.90 Å². The average molecular weight is 345 g/mol. The summed E-state index contributed by atoms with van der Waals surface area (Å²) in [6.45, 7) is 1.89. The second-order valence-corrected chi connectivity index (χ2v) is 6.85. The van der Waals surface area contributed by atoms with Gasteiger partial charge in [-0.05, 0) is 24.3 Å². The van der Waals surface area contributed by atoms with Gasteiger partial charge in [0.25, 0.3) is 10.1 Å². The van der Waals surface area contributed by atoms with E-state index in [1.165, 1.54) is 0 Å². The molecule has 0 atom stereocenters. The van der Waals surface area contributed by atoms with Crippen molar-refractivity contribution in [3.05, 3.63) is 35.9 Å². The monoisotopic (exact) mass is 345 g/mol. The molecule has 8 heteroatoms. The number of carbonyl (C=O) groups is 1. The van der Waals surface area contributed by atoms with Crippen molar-refractivity contribution in [3.63, 3.8) is 0 Å². The standard InChI is InChI=1S/C14H19NO3.CH4O3S/c16-10-12-6-8-15(9-7-12)14(17)18-11-13-4-2-1-3-5-13;1-5(2,3)4/h1-5,12,16H,6-11H2;1H3,(H,2,3,4). The Labute approximate surface area is 136 Å². The van der Waals surface area contributed by atoms with Crippen molar-refractivity contribution in [2.24, 2.45) is 5.92 Å². The zero-order valence-corrected chi connectivity index (χ0v) is 13.9. The van der Waals surface area contributed by atoms with Crippen LogP contribution in [0.5, 0.6) is 0 Å². The molecule has 1 aliphatic heterocycles. The molecule has 1 aromatic carbocycles. The lowest BCUT2D eigenvalue weighted by Crippen LogP contribution is -2.39. The summed E-state index contributed by atoms with van der Waals surface area (Å²) in [5, 5.41) is 9.03. The molecule has 0 radical (unpaired) electrons. The summed E-state index contributed by atoms with van der Waals surface area (Å²) in [5.41, 5.74) is 0.996. The van der Waals surface area contributed by atoms with E-state index < -0.39 is 10.1 Å². The molecule has 0 aliphatic carbocycles. The van der Waals surface area contributed by atoms with Gasteiger partial charge in [-0.2, -0.15) is 8.42 Å². The first-order chi connectivity index (χ1) is 10.8. The van der Waals surface area contributed by atoms with Crippen LogP contribution in [0.2, 0.25) is 0 Å². The van der Waals surface area contributed by atoms with Crippen LogP contribution in [0.1, 0.15) is 18.4 Å². The molecule has 1 amide bonds. The van der Waals surface area contributed by atoms with Gasteiger partial charge < -0.3 is 14.7 Å². The third-order valence-corrected chi connectivity index (χ3v) is 3.34. The highest BCUT2D eigenvalue weighted by atomic mass is 32.2. The Kier molecular flexibility index (Phi) is 8.01. The van der Waals surface area contributed by atoms with Crippen molar-refractivity contribution in [3.8, 4) is 0 Å². The van der Waals surface area contributed by atoms with Gasteiger partial charge in [0.05, 0.1) is 6.26 Å². The quantitative estimate of drug-likeness (QED) is 0.805. The zero-order valence-electron chi connectivity index (χ0n) is 13.1. The fraction of sp³-hybridized carbons (Fsp3) is 0.533. The predicted molar refractivity (Wildman–Crippen MR) is 85.5 cm³/mol. The first-order valence-corrected chi connectivity index (χ1v) is 9.13. The van der Waals surface area contributed by atoms with Crippen LogP contribution in [0.15, 0.2) is 30.3 Å². The minimum atomic E-state index is -3.67. The first kappa shape index (κ1) is 19.4. The molecule has 7 nitrogen and oxygen atoms in total. The summed E-state index contributed by atoms with van der Waals surface area (Å²) < 4.78 is 31.1. The van der Waals surface area contributed by atoms with E-state index in [2.05, 4.69) is 0 Å². The molecular formula is C15H23NO6S. The topological polar surface area (TPSA) is 104 Å². The molecule has 2 N–H and O–H groups in total. The van der Waals surface area contributed by atoms with E-state index >= 15 is 0 Å². The van der Waals surface area contributed by atoms with Gasteiger partial charge >= 0.3 is 6.09 Å². The molecule has 0 bridgehead atoms. The van der Waals surface area contributed by atoms with E-state index in [9.17, 15) is 13.2 Å². The fourth-order valence-electron chi connectivity index (χ4n) is 2.11. The minimum Gasteiger partial charge on any atom is -0.445 e. The van der Waals surface area contributed by atoms with Gasteiger partial charge in [0.15, 0.2) is 0 Å². The molecule has 23 heavy (non-hydrogen) atoms. The van der Waals surface area contributed by atoms with E-state index in [4.69, 9.17) is 14.4 Å². The Morgan fingerprint density at radius 2 is 1.78 bits per heavy atom. The SMILES string of the molecule is CS(=O)(=O)O.O=C(OCc1ccccc1)N1CCC(CO)CC1. The van der Waals surface area contributed by atoms with E-state index in [-0.39, 0.29) is 12.7 Å². The van der Waals surface area contributed by atoms with Crippen LogP contribution >= 0.6 is 0 Å². The highest BCUT2D eigenvalue weighted by molar-refractivity contribution is 7.85. The number of nitrogens with zero attached hydrogens (tertiary/aromatic N) is 1. The van der Waals surface area contributed by atoms with Crippen LogP contribution < -0.4 is 0 Å². The van der Waals surface area contributed by atoms with Crippen LogP contribution in [-0.2, 0) is 21.5 Å². The number of piperidine rings is 1. The number of benzene rings is 1. The number of aliphatic hydroxyl groups is 1. The van der Waals surface area contributed by atoms with Crippen molar-refractivity contribution < 1.29 is 27.6 Å². The summed E-state index contributed by atoms with van der Waals surface area (Å²) in [6.07, 6.45) is 2.18. The molecule has 1 saturated heterocycles. The van der Waals surface area contributed by atoms with Gasteiger partial charge in [-0.15, -0.1) is 0 Å². The molecule has 1 fully saturated rings. The summed E-state index contributed by atoms with van der Waals surface area (Å²) in [4.78, 5) is 13.5. The molecule has 1 aliphatic rings. The Balaban J connectivity index is 0.000000463. The molecule has 0 spiro atoms. The van der Waals surface area contributed by atoms with Crippen molar-refractivity contribution in [2.45, 2.75) is 19.4 Å². The second-order valence-electron chi connectivity index (χ2n) is 5.39. The number of hydrogen-bond donors (Lipinski definition) is 2. The summed E-state index contributed by atoms with van der Waals surface area (Å²) in [6, 6.07) is 9.66. The number of likely N-dealkylation sites (tertiary alicyclic amines) is 1. The van der Waals surface area contributed by atoms with Crippen molar-refractivity contribution in [1.82, 2.24) is 4.90 Å². The zero-order chi connectivity index (χ0) is 17.3. The van der Waals surface area contributed by atoms with E-state index in [0.717, 1.165) is 18.4 Å². The second kappa shape index (κ2) is 9.49. The molecular weight excluding hydrogens is 322 g/mol. The van der Waals surface area contributed by atoms with Crippen molar-refractivity contribution in [1.29, 1.82) is 0 Å². The molecule has 0 aromatic heterocycles. The summed E-state index contributed by atoms with van der Waals surface area (Å²) >= 11 is 0. The van der Waals surface area contributed by atoms with Gasteiger partial charge in [-0.3, -0.25) is 4.55 Å². The third-order valence-electron chi connectivity index (χ3n) is 3.34. The van der Waals surface area contributed by atoms with Gasteiger partial charge in [0.1, 0.15) is 6.61 Å². The molecule has 1 heterocycles. The van der Waals surface area contributed by atoms with Gasteiger partial charge in [0.2, 0.25) is 0 Å². The number of carbonyl (C=O) groups excluding carboxylic acids is 1. The lowest BCUT2D eigenvalue weighted by molar-refractivity contribution is 0.0740. The average Bonchev–Trinajstić information content (AvgIpc) is 2.52. The van der Waals surface area contributed by atoms with E-state index in [1.807, 2.05) is 30.3 Å². The number of amides is 1. The highest BCUT2D eigenvalue weighted by Crippen LogP contribution is 2.17. The maximum Gasteiger partial charge on any atom is 0.410 e.